The number of para-hydroxylation sites is 2. The van der Waals surface area contributed by atoms with E-state index in [1.54, 1.807) is 33.9 Å². The van der Waals surface area contributed by atoms with Gasteiger partial charge in [-0.05, 0) is 26.0 Å². The Labute approximate surface area is 149 Å². The van der Waals surface area contributed by atoms with Crippen molar-refractivity contribution in [1.29, 1.82) is 0 Å². The Morgan fingerprint density at radius 1 is 1.00 bits per heavy atom. The van der Waals surface area contributed by atoms with Crippen molar-refractivity contribution in [2.24, 2.45) is 0 Å². The number of rotatable bonds is 6. The first-order chi connectivity index (χ1) is 12.1. The third kappa shape index (κ3) is 4.78. The summed E-state index contributed by atoms with van der Waals surface area (Å²) in [6, 6.07) is 7.28. The van der Waals surface area contributed by atoms with E-state index < -0.39 is 0 Å². The van der Waals surface area contributed by atoms with Gasteiger partial charge in [-0.15, -0.1) is 0 Å². The molecule has 0 saturated carbocycles. The van der Waals surface area contributed by atoms with E-state index in [1.165, 1.54) is 0 Å². The Morgan fingerprint density at radius 2 is 1.56 bits per heavy atom. The first kappa shape index (κ1) is 18.9. The molecule has 3 amide bonds. The Kier molecular flexibility index (Phi) is 6.91. The van der Waals surface area contributed by atoms with Crippen LogP contribution in [0.2, 0.25) is 0 Å². The molecule has 0 aliphatic carbocycles. The summed E-state index contributed by atoms with van der Waals surface area (Å²) >= 11 is 0. The molecule has 0 N–H and O–H groups in total. The second-order valence-corrected chi connectivity index (χ2v) is 5.76. The third-order valence-electron chi connectivity index (χ3n) is 4.36. The molecule has 7 heteroatoms. The number of benzene rings is 1. The lowest BCUT2D eigenvalue weighted by Crippen LogP contribution is -2.54. The zero-order valence-electron chi connectivity index (χ0n) is 15.2. The van der Waals surface area contributed by atoms with Crippen molar-refractivity contribution in [2.75, 3.05) is 53.0 Å². The highest BCUT2D eigenvalue weighted by Crippen LogP contribution is 2.25. The number of nitrogens with zero attached hydrogens (tertiary/aromatic N) is 3. The molecule has 1 aromatic rings. The van der Waals surface area contributed by atoms with Gasteiger partial charge in [0.15, 0.2) is 18.1 Å². The Balaban J connectivity index is 1.82. The summed E-state index contributed by atoms with van der Waals surface area (Å²) in [6.45, 7) is 7.45. The molecule has 1 fully saturated rings. The van der Waals surface area contributed by atoms with Crippen LogP contribution in [0.5, 0.6) is 11.5 Å². The standard InChI is InChI=1S/C18H27N3O4/c1-4-19(5-2)18(23)21-12-10-20(11-13-21)17(22)14-25-16-9-7-6-8-15(16)24-3/h6-9H,4-5,10-14H2,1-3H3. The Hall–Kier alpha value is -2.44. The maximum atomic E-state index is 12.3. The number of methoxy groups -OCH3 is 1. The van der Waals surface area contributed by atoms with Gasteiger partial charge in [0.2, 0.25) is 0 Å². The van der Waals surface area contributed by atoms with Gasteiger partial charge in [0.05, 0.1) is 7.11 Å². The molecule has 1 heterocycles. The van der Waals surface area contributed by atoms with E-state index in [4.69, 9.17) is 9.47 Å². The van der Waals surface area contributed by atoms with Crippen molar-refractivity contribution in [3.05, 3.63) is 24.3 Å². The summed E-state index contributed by atoms with van der Waals surface area (Å²) in [4.78, 5) is 30.0. The predicted octanol–water partition coefficient (Wildman–Crippen LogP) is 1.68. The summed E-state index contributed by atoms with van der Waals surface area (Å²) in [6.07, 6.45) is 0. The zero-order valence-corrected chi connectivity index (χ0v) is 15.2. The molecule has 7 nitrogen and oxygen atoms in total. The fourth-order valence-corrected chi connectivity index (χ4v) is 2.81. The van der Waals surface area contributed by atoms with Gasteiger partial charge in [-0.1, -0.05) is 12.1 Å². The molecule has 0 bridgehead atoms. The average Bonchev–Trinajstić information content (AvgIpc) is 2.67. The summed E-state index contributed by atoms with van der Waals surface area (Å²) in [5.74, 6) is 1.07. The van der Waals surface area contributed by atoms with Crippen molar-refractivity contribution in [2.45, 2.75) is 13.8 Å². The maximum Gasteiger partial charge on any atom is 0.320 e. The van der Waals surface area contributed by atoms with E-state index in [1.807, 2.05) is 26.0 Å². The van der Waals surface area contributed by atoms with Gasteiger partial charge in [0.1, 0.15) is 0 Å². The SMILES string of the molecule is CCN(CC)C(=O)N1CCN(C(=O)COc2ccccc2OC)CC1. The highest BCUT2D eigenvalue weighted by molar-refractivity contribution is 5.79. The summed E-state index contributed by atoms with van der Waals surface area (Å²) < 4.78 is 10.8. The van der Waals surface area contributed by atoms with Crippen molar-refractivity contribution in [3.63, 3.8) is 0 Å². The predicted molar refractivity (Wildman–Crippen MR) is 95.0 cm³/mol. The molecule has 0 radical (unpaired) electrons. The molecule has 1 aliphatic rings. The monoisotopic (exact) mass is 349 g/mol. The second-order valence-electron chi connectivity index (χ2n) is 5.76. The van der Waals surface area contributed by atoms with Gasteiger partial charge in [0, 0.05) is 39.3 Å². The number of carbonyl (C=O) groups is 2. The van der Waals surface area contributed by atoms with Crippen molar-refractivity contribution in [1.82, 2.24) is 14.7 Å². The number of amides is 3. The molecule has 138 valence electrons. The average molecular weight is 349 g/mol. The van der Waals surface area contributed by atoms with Gasteiger partial charge in [0.25, 0.3) is 5.91 Å². The molecule has 2 rings (SSSR count). The topological polar surface area (TPSA) is 62.3 Å². The third-order valence-corrected chi connectivity index (χ3v) is 4.36. The number of urea groups is 1. The lowest BCUT2D eigenvalue weighted by molar-refractivity contribution is -0.134. The zero-order chi connectivity index (χ0) is 18.2. The minimum absolute atomic E-state index is 0.0373. The second kappa shape index (κ2) is 9.15. The minimum Gasteiger partial charge on any atom is -0.493 e. The first-order valence-corrected chi connectivity index (χ1v) is 8.68. The van der Waals surface area contributed by atoms with Crippen LogP contribution in [-0.4, -0.2) is 79.6 Å². The molecule has 1 saturated heterocycles. The molecular formula is C18H27N3O4. The molecule has 0 aromatic heterocycles. The minimum atomic E-state index is -0.0826. The van der Waals surface area contributed by atoms with E-state index in [0.29, 0.717) is 50.8 Å². The summed E-state index contributed by atoms with van der Waals surface area (Å²) in [7, 11) is 1.57. The van der Waals surface area contributed by atoms with Gasteiger partial charge in [-0.3, -0.25) is 4.79 Å². The van der Waals surface area contributed by atoms with Crippen LogP contribution < -0.4 is 9.47 Å². The van der Waals surface area contributed by atoms with E-state index in [9.17, 15) is 9.59 Å². The molecular weight excluding hydrogens is 322 g/mol. The van der Waals surface area contributed by atoms with Crippen LogP contribution >= 0.6 is 0 Å². The highest BCUT2D eigenvalue weighted by atomic mass is 16.5. The number of ether oxygens (including phenoxy) is 2. The largest absolute Gasteiger partial charge is 0.493 e. The van der Waals surface area contributed by atoms with E-state index >= 15 is 0 Å². The molecule has 1 aliphatic heterocycles. The van der Waals surface area contributed by atoms with E-state index in [-0.39, 0.29) is 18.5 Å². The fraction of sp³-hybridized carbons (Fsp3) is 0.556. The summed E-state index contributed by atoms with van der Waals surface area (Å²) in [5.41, 5.74) is 0. The van der Waals surface area contributed by atoms with Gasteiger partial charge < -0.3 is 24.2 Å². The number of hydrogen-bond donors (Lipinski definition) is 0. The van der Waals surface area contributed by atoms with Crippen molar-refractivity contribution < 1.29 is 19.1 Å². The van der Waals surface area contributed by atoms with Crippen LogP contribution in [0.1, 0.15) is 13.8 Å². The highest BCUT2D eigenvalue weighted by Gasteiger charge is 2.26. The first-order valence-electron chi connectivity index (χ1n) is 8.68. The van der Waals surface area contributed by atoms with Crippen molar-refractivity contribution in [3.8, 4) is 11.5 Å². The maximum absolute atomic E-state index is 12.3. The molecule has 25 heavy (non-hydrogen) atoms. The van der Waals surface area contributed by atoms with Crippen LogP contribution in [-0.2, 0) is 4.79 Å². The van der Waals surface area contributed by atoms with Crippen LogP contribution in [0.3, 0.4) is 0 Å². The number of carbonyl (C=O) groups excluding carboxylic acids is 2. The van der Waals surface area contributed by atoms with Crippen LogP contribution in [0.4, 0.5) is 4.79 Å². The molecule has 1 aromatic carbocycles. The lowest BCUT2D eigenvalue weighted by atomic mass is 10.3. The van der Waals surface area contributed by atoms with Crippen LogP contribution in [0, 0.1) is 0 Å². The van der Waals surface area contributed by atoms with Crippen LogP contribution in [0.15, 0.2) is 24.3 Å². The molecule has 0 spiro atoms. The normalized spacial score (nSPS) is 14.2. The van der Waals surface area contributed by atoms with Gasteiger partial charge in [-0.2, -0.15) is 0 Å². The lowest BCUT2D eigenvalue weighted by Gasteiger charge is -2.37. The number of piperazine rings is 1. The fourth-order valence-electron chi connectivity index (χ4n) is 2.81. The van der Waals surface area contributed by atoms with E-state index in [2.05, 4.69) is 0 Å². The van der Waals surface area contributed by atoms with Gasteiger partial charge in [-0.25, -0.2) is 4.79 Å². The van der Waals surface area contributed by atoms with Crippen molar-refractivity contribution >= 4 is 11.9 Å². The quantitative estimate of drug-likeness (QED) is 0.784. The van der Waals surface area contributed by atoms with Gasteiger partial charge >= 0.3 is 6.03 Å². The molecule has 0 unspecified atom stereocenters. The van der Waals surface area contributed by atoms with E-state index in [0.717, 1.165) is 0 Å². The Bertz CT molecular complexity index is 581. The Morgan fingerprint density at radius 3 is 2.12 bits per heavy atom. The number of hydrogen-bond acceptors (Lipinski definition) is 4. The smallest absolute Gasteiger partial charge is 0.320 e. The molecule has 0 atom stereocenters. The summed E-state index contributed by atoms with van der Waals surface area (Å²) in [5, 5.41) is 0. The van der Waals surface area contributed by atoms with Crippen LogP contribution in [0.25, 0.3) is 0 Å².